The van der Waals surface area contributed by atoms with Gasteiger partial charge >= 0.3 is 0 Å². The lowest BCUT2D eigenvalue weighted by atomic mass is 10.2. The summed E-state index contributed by atoms with van der Waals surface area (Å²) in [6.45, 7) is 18.4. The molecule has 0 heterocycles. The van der Waals surface area contributed by atoms with Crippen molar-refractivity contribution in [3.8, 4) is 0 Å². The van der Waals surface area contributed by atoms with Gasteiger partial charge in [0.05, 0.1) is 0 Å². The number of hydrogen-bond acceptors (Lipinski definition) is 0. The van der Waals surface area contributed by atoms with E-state index in [0.717, 1.165) is 5.57 Å². The van der Waals surface area contributed by atoms with Gasteiger partial charge in [0.15, 0.2) is 0 Å². The van der Waals surface area contributed by atoms with Gasteiger partial charge in [-0.2, -0.15) is 0 Å². The fourth-order valence-corrected chi connectivity index (χ4v) is 0.370. The molecule has 0 spiro atoms. The third-order valence-corrected chi connectivity index (χ3v) is 1.59. The van der Waals surface area contributed by atoms with Gasteiger partial charge in [-0.25, -0.2) is 0 Å². The first kappa shape index (κ1) is 25.2. The van der Waals surface area contributed by atoms with Gasteiger partial charge in [-0.3, -0.25) is 0 Å². The summed E-state index contributed by atoms with van der Waals surface area (Å²) >= 11 is 0. The van der Waals surface area contributed by atoms with Gasteiger partial charge < -0.3 is 0 Å². The highest BCUT2D eigenvalue weighted by Gasteiger charge is 1.75. The molecule has 0 fully saturated rings. The van der Waals surface area contributed by atoms with E-state index in [1.54, 1.807) is 0 Å². The van der Waals surface area contributed by atoms with Crippen LogP contribution in [0.25, 0.3) is 0 Å². The predicted molar refractivity (Wildman–Crippen MR) is 86.7 cm³/mol. The highest BCUT2D eigenvalue weighted by molar-refractivity contribution is 5.22. The molecule has 0 aliphatic rings. The fourth-order valence-electron chi connectivity index (χ4n) is 0.370. The van der Waals surface area contributed by atoms with E-state index in [-0.39, 0.29) is 7.43 Å². The molecule has 0 aliphatic carbocycles. The second kappa shape index (κ2) is 24.4. The third kappa shape index (κ3) is 51.0. The number of hydrogen-bond donors (Lipinski definition) is 0. The minimum Gasteiger partial charge on any atom is -0.0961 e. The first-order chi connectivity index (χ1) is 7.49. The van der Waals surface area contributed by atoms with Crippen molar-refractivity contribution in [3.63, 3.8) is 0 Å². The Morgan fingerprint density at radius 1 is 0.941 bits per heavy atom. The van der Waals surface area contributed by atoms with Crippen LogP contribution in [0.1, 0.15) is 75.2 Å². The van der Waals surface area contributed by atoms with Gasteiger partial charge in [0.25, 0.3) is 0 Å². The summed E-state index contributed by atoms with van der Waals surface area (Å²) in [7, 11) is 0. The normalized spacial score (nSPS) is 9.47. The van der Waals surface area contributed by atoms with E-state index in [4.69, 9.17) is 0 Å². The van der Waals surface area contributed by atoms with Crippen molar-refractivity contribution >= 4 is 0 Å². The predicted octanol–water partition coefficient (Wildman–Crippen LogP) is 6.94. The molecule has 0 rings (SSSR count). The van der Waals surface area contributed by atoms with Gasteiger partial charge in [0.1, 0.15) is 0 Å². The molecule has 0 aliphatic heterocycles. The van der Waals surface area contributed by atoms with E-state index in [1.165, 1.54) is 24.8 Å². The summed E-state index contributed by atoms with van der Waals surface area (Å²) in [5.41, 5.74) is 2.37. The molecule has 0 atom stereocenters. The molecular weight excluding hydrogens is 204 g/mol. The van der Waals surface area contributed by atoms with Crippen LogP contribution in [0.2, 0.25) is 0 Å². The van der Waals surface area contributed by atoms with Crippen molar-refractivity contribution in [3.05, 3.63) is 36.0 Å². The van der Waals surface area contributed by atoms with Gasteiger partial charge in [-0.1, -0.05) is 90.3 Å². The lowest BCUT2D eigenvalue weighted by Gasteiger charge is -1.86. The van der Waals surface area contributed by atoms with Crippen LogP contribution in [0, 0.1) is 0 Å². The molecule has 17 heavy (non-hydrogen) atoms. The van der Waals surface area contributed by atoms with Crippen molar-refractivity contribution in [2.45, 2.75) is 75.2 Å². The fraction of sp³-hybridized carbons (Fsp3) is 0.647. The standard InChI is InChI=1S/C9H14.C4H10.C3H8.CH4/c1-5-9(4)7-6-8(2)3;1-3-4-2;1-3-2;/h5-7H,2H2,1,3-4H3;3-4H2,1-2H3;3H2,1-2H3;1H4/b7-6-,9-5-;;;. The second-order valence-electron chi connectivity index (χ2n) is 3.92. The van der Waals surface area contributed by atoms with Crippen LogP contribution in [0.4, 0.5) is 0 Å². The van der Waals surface area contributed by atoms with E-state index in [9.17, 15) is 0 Å². The lowest BCUT2D eigenvalue weighted by Crippen LogP contribution is -1.65. The van der Waals surface area contributed by atoms with E-state index in [0.29, 0.717) is 0 Å². The Bertz CT molecular complexity index is 180. The molecule has 0 amide bonds. The minimum atomic E-state index is 0. The molecule has 0 heteroatoms. The summed E-state index contributed by atoms with van der Waals surface area (Å²) in [5.74, 6) is 0. The van der Waals surface area contributed by atoms with Crippen LogP contribution < -0.4 is 0 Å². The monoisotopic (exact) mass is 240 g/mol. The molecule has 0 unspecified atom stereocenters. The van der Waals surface area contributed by atoms with Crippen LogP contribution >= 0.6 is 0 Å². The Labute approximate surface area is 112 Å². The minimum absolute atomic E-state index is 0. The smallest absolute Gasteiger partial charge is 0.0401 e. The zero-order valence-electron chi connectivity index (χ0n) is 12.6. The van der Waals surface area contributed by atoms with Gasteiger partial charge in [-0.15, -0.1) is 0 Å². The van der Waals surface area contributed by atoms with Crippen LogP contribution in [0.5, 0.6) is 0 Å². The van der Waals surface area contributed by atoms with Crippen LogP contribution in [0.3, 0.4) is 0 Å². The zero-order chi connectivity index (χ0) is 13.4. The molecule has 0 aromatic rings. The van der Waals surface area contributed by atoms with Crippen LogP contribution in [-0.2, 0) is 0 Å². The van der Waals surface area contributed by atoms with E-state index in [1.807, 2.05) is 19.9 Å². The van der Waals surface area contributed by atoms with E-state index >= 15 is 0 Å². The second-order valence-corrected chi connectivity index (χ2v) is 3.92. The lowest BCUT2D eigenvalue weighted by molar-refractivity contribution is 0.886. The molecule has 104 valence electrons. The summed E-state index contributed by atoms with van der Waals surface area (Å²) in [4.78, 5) is 0. The van der Waals surface area contributed by atoms with E-state index < -0.39 is 0 Å². The molecule has 0 saturated carbocycles. The van der Waals surface area contributed by atoms with Crippen molar-refractivity contribution in [1.82, 2.24) is 0 Å². The molecule has 0 bridgehead atoms. The Kier molecular flexibility index (Phi) is 36.2. The topological polar surface area (TPSA) is 0 Å². The number of allylic oxidation sites excluding steroid dienone is 5. The molecule has 0 aromatic heterocycles. The molecule has 0 radical (unpaired) electrons. The van der Waals surface area contributed by atoms with Crippen molar-refractivity contribution < 1.29 is 0 Å². The first-order valence-electron chi connectivity index (χ1n) is 6.46. The highest BCUT2D eigenvalue weighted by Crippen LogP contribution is 1.97. The highest BCUT2D eigenvalue weighted by atomic mass is 13.8. The molecular formula is C17H36. The Morgan fingerprint density at radius 2 is 1.29 bits per heavy atom. The third-order valence-electron chi connectivity index (χ3n) is 1.59. The molecule has 0 nitrogen and oxygen atoms in total. The molecule has 0 aromatic carbocycles. The quantitative estimate of drug-likeness (QED) is 0.468. The Morgan fingerprint density at radius 3 is 1.47 bits per heavy atom. The zero-order valence-corrected chi connectivity index (χ0v) is 12.6. The van der Waals surface area contributed by atoms with Crippen LogP contribution in [0.15, 0.2) is 36.0 Å². The average Bonchev–Trinajstić information content (AvgIpc) is 2.27. The van der Waals surface area contributed by atoms with Gasteiger partial charge in [-0.05, 0) is 20.8 Å². The maximum Gasteiger partial charge on any atom is -0.0401 e. The van der Waals surface area contributed by atoms with Crippen LogP contribution in [-0.4, -0.2) is 0 Å². The van der Waals surface area contributed by atoms with Crippen molar-refractivity contribution in [1.29, 1.82) is 0 Å². The maximum absolute atomic E-state index is 3.75. The Hall–Kier alpha value is -0.780. The maximum atomic E-state index is 3.75. The SMILES string of the molecule is C.C=C(C)/C=C\C(C)=C/C.CCC.CCCC. The Balaban J connectivity index is -0.0000000893. The summed E-state index contributed by atoms with van der Waals surface area (Å²) in [6.07, 6.45) is 10.0. The van der Waals surface area contributed by atoms with Gasteiger partial charge in [0.2, 0.25) is 0 Å². The summed E-state index contributed by atoms with van der Waals surface area (Å²) < 4.78 is 0. The summed E-state index contributed by atoms with van der Waals surface area (Å²) in [6, 6.07) is 0. The summed E-state index contributed by atoms with van der Waals surface area (Å²) in [5, 5.41) is 0. The largest absolute Gasteiger partial charge is 0.0961 e. The first-order valence-corrected chi connectivity index (χ1v) is 6.46. The molecule has 0 N–H and O–H groups in total. The van der Waals surface area contributed by atoms with E-state index in [2.05, 4.69) is 53.3 Å². The van der Waals surface area contributed by atoms with Gasteiger partial charge in [0, 0.05) is 0 Å². The number of rotatable bonds is 3. The molecule has 0 saturated heterocycles. The average molecular weight is 240 g/mol. The van der Waals surface area contributed by atoms with Crippen molar-refractivity contribution in [2.75, 3.05) is 0 Å². The van der Waals surface area contributed by atoms with Crippen molar-refractivity contribution in [2.24, 2.45) is 0 Å². The number of unbranched alkanes of at least 4 members (excludes halogenated alkanes) is 1.